The monoisotopic (exact) mass is 273 g/mol. The number of rotatable bonds is 5. The Morgan fingerprint density at radius 2 is 1.45 bits per heavy atom. The van der Waals surface area contributed by atoms with Gasteiger partial charge in [-0.1, -0.05) is 65.8 Å². The van der Waals surface area contributed by atoms with E-state index in [1.807, 2.05) is 0 Å². The van der Waals surface area contributed by atoms with E-state index in [-0.39, 0.29) is 0 Å². The van der Waals surface area contributed by atoms with E-state index in [4.69, 9.17) is 0 Å². The van der Waals surface area contributed by atoms with E-state index in [0.717, 1.165) is 5.92 Å². The fourth-order valence-corrected chi connectivity index (χ4v) is 3.37. The van der Waals surface area contributed by atoms with Crippen molar-refractivity contribution in [3.63, 3.8) is 0 Å². The van der Waals surface area contributed by atoms with Gasteiger partial charge in [0, 0.05) is 12.1 Å². The SMILES string of the molecule is CC(C)Cc1ccc(C(C)NC2C(C)(C)C2(C)C)cc1. The van der Waals surface area contributed by atoms with Gasteiger partial charge >= 0.3 is 0 Å². The summed E-state index contributed by atoms with van der Waals surface area (Å²) in [6.07, 6.45) is 1.17. The molecule has 20 heavy (non-hydrogen) atoms. The minimum atomic E-state index is 0.402. The first kappa shape index (κ1) is 15.6. The minimum Gasteiger partial charge on any atom is -0.306 e. The van der Waals surface area contributed by atoms with Crippen LogP contribution in [0.4, 0.5) is 0 Å². The van der Waals surface area contributed by atoms with Gasteiger partial charge in [0.1, 0.15) is 0 Å². The van der Waals surface area contributed by atoms with Crippen LogP contribution in [0, 0.1) is 16.7 Å². The van der Waals surface area contributed by atoms with Gasteiger partial charge in [-0.25, -0.2) is 0 Å². The van der Waals surface area contributed by atoms with Crippen LogP contribution < -0.4 is 5.32 Å². The van der Waals surface area contributed by atoms with E-state index >= 15 is 0 Å². The fourth-order valence-electron chi connectivity index (χ4n) is 3.37. The lowest BCUT2D eigenvalue weighted by molar-refractivity contribution is 0.457. The van der Waals surface area contributed by atoms with Crippen LogP contribution >= 0.6 is 0 Å². The third-order valence-corrected chi connectivity index (χ3v) is 5.56. The molecular formula is C19H31N. The maximum atomic E-state index is 3.81. The van der Waals surface area contributed by atoms with Gasteiger partial charge < -0.3 is 5.32 Å². The lowest BCUT2D eigenvalue weighted by Crippen LogP contribution is -2.25. The normalized spacial score (nSPS) is 22.0. The van der Waals surface area contributed by atoms with Gasteiger partial charge in [-0.2, -0.15) is 0 Å². The highest BCUT2D eigenvalue weighted by Crippen LogP contribution is 2.63. The van der Waals surface area contributed by atoms with Crippen LogP contribution in [-0.4, -0.2) is 6.04 Å². The lowest BCUT2D eigenvalue weighted by Gasteiger charge is -2.17. The molecule has 2 rings (SSSR count). The van der Waals surface area contributed by atoms with Crippen molar-refractivity contribution in [2.75, 3.05) is 0 Å². The molecule has 0 aliphatic heterocycles. The van der Waals surface area contributed by atoms with E-state index in [2.05, 4.69) is 78.0 Å². The molecule has 1 aliphatic rings. The molecule has 0 spiro atoms. The van der Waals surface area contributed by atoms with Crippen molar-refractivity contribution >= 4 is 0 Å². The maximum Gasteiger partial charge on any atom is 0.0294 e. The Balaban J connectivity index is 1.99. The zero-order valence-corrected chi connectivity index (χ0v) is 14.2. The molecule has 1 N–H and O–H groups in total. The molecule has 0 saturated heterocycles. The molecule has 0 amide bonds. The first-order valence-corrected chi connectivity index (χ1v) is 8.01. The van der Waals surface area contributed by atoms with Crippen LogP contribution in [-0.2, 0) is 6.42 Å². The molecule has 1 aromatic rings. The Morgan fingerprint density at radius 1 is 0.950 bits per heavy atom. The summed E-state index contributed by atoms with van der Waals surface area (Å²) >= 11 is 0. The van der Waals surface area contributed by atoms with Gasteiger partial charge in [0.15, 0.2) is 0 Å². The number of nitrogens with one attached hydrogen (secondary N) is 1. The molecule has 0 aromatic heterocycles. The van der Waals surface area contributed by atoms with Crippen LogP contribution in [0.5, 0.6) is 0 Å². The predicted molar refractivity (Wildman–Crippen MR) is 87.9 cm³/mol. The number of hydrogen-bond acceptors (Lipinski definition) is 1. The highest BCUT2D eigenvalue weighted by atomic mass is 15.1. The topological polar surface area (TPSA) is 12.0 Å². The first-order valence-electron chi connectivity index (χ1n) is 8.01. The Morgan fingerprint density at radius 3 is 1.85 bits per heavy atom. The fraction of sp³-hybridized carbons (Fsp3) is 0.684. The van der Waals surface area contributed by atoms with Crippen molar-refractivity contribution < 1.29 is 0 Å². The molecule has 0 radical (unpaired) electrons. The van der Waals surface area contributed by atoms with Crippen molar-refractivity contribution in [1.29, 1.82) is 0 Å². The standard InChI is InChI=1S/C19H31N/c1-13(2)12-15-8-10-16(11-9-15)14(3)20-17-18(4,5)19(17,6)7/h8-11,13-14,17,20H,12H2,1-7H3. The average molecular weight is 273 g/mol. The number of benzene rings is 1. The Bertz CT molecular complexity index is 439. The molecule has 1 aliphatic carbocycles. The molecule has 1 fully saturated rings. The first-order chi connectivity index (χ1) is 9.16. The van der Waals surface area contributed by atoms with E-state index in [9.17, 15) is 0 Å². The van der Waals surface area contributed by atoms with Crippen molar-refractivity contribution in [2.24, 2.45) is 16.7 Å². The van der Waals surface area contributed by atoms with Gasteiger partial charge in [0.05, 0.1) is 0 Å². The van der Waals surface area contributed by atoms with Gasteiger partial charge in [-0.15, -0.1) is 0 Å². The molecule has 1 heteroatoms. The zero-order valence-electron chi connectivity index (χ0n) is 14.2. The van der Waals surface area contributed by atoms with Crippen LogP contribution in [0.3, 0.4) is 0 Å². The average Bonchev–Trinajstić information content (AvgIpc) is 2.72. The summed E-state index contributed by atoms with van der Waals surface area (Å²) in [6, 6.07) is 10.2. The summed E-state index contributed by atoms with van der Waals surface area (Å²) < 4.78 is 0. The van der Waals surface area contributed by atoms with Gasteiger partial charge in [0.2, 0.25) is 0 Å². The van der Waals surface area contributed by atoms with Crippen LogP contribution in [0.15, 0.2) is 24.3 Å². The number of hydrogen-bond donors (Lipinski definition) is 1. The lowest BCUT2D eigenvalue weighted by atomic mass is 10.00. The summed E-state index contributed by atoms with van der Waals surface area (Å²) in [6.45, 7) is 16.3. The van der Waals surface area contributed by atoms with Gasteiger partial charge in [0.25, 0.3) is 0 Å². The van der Waals surface area contributed by atoms with E-state index in [1.54, 1.807) is 0 Å². The van der Waals surface area contributed by atoms with E-state index in [1.165, 1.54) is 17.5 Å². The van der Waals surface area contributed by atoms with Gasteiger partial charge in [-0.05, 0) is 41.2 Å². The molecule has 112 valence electrons. The molecule has 0 heterocycles. The third kappa shape index (κ3) is 2.79. The molecule has 1 saturated carbocycles. The van der Waals surface area contributed by atoms with E-state index < -0.39 is 0 Å². The second-order valence-corrected chi connectivity index (χ2v) is 8.10. The third-order valence-electron chi connectivity index (χ3n) is 5.56. The Hall–Kier alpha value is -0.820. The van der Waals surface area contributed by atoms with Crippen LogP contribution in [0.2, 0.25) is 0 Å². The van der Waals surface area contributed by atoms with Crippen molar-refractivity contribution in [3.8, 4) is 0 Å². The predicted octanol–water partition coefficient (Wildman–Crippen LogP) is 4.97. The summed E-state index contributed by atoms with van der Waals surface area (Å²) in [4.78, 5) is 0. The second-order valence-electron chi connectivity index (χ2n) is 8.10. The van der Waals surface area contributed by atoms with Gasteiger partial charge in [-0.3, -0.25) is 0 Å². The maximum absolute atomic E-state index is 3.81. The smallest absolute Gasteiger partial charge is 0.0294 e. The molecule has 1 aromatic carbocycles. The minimum absolute atomic E-state index is 0.402. The second kappa shape index (κ2) is 5.18. The van der Waals surface area contributed by atoms with E-state index in [0.29, 0.717) is 22.9 Å². The van der Waals surface area contributed by atoms with Crippen LogP contribution in [0.1, 0.15) is 65.6 Å². The summed E-state index contributed by atoms with van der Waals surface area (Å²) in [5.74, 6) is 0.726. The molecule has 1 unspecified atom stereocenters. The summed E-state index contributed by atoms with van der Waals surface area (Å²) in [5, 5.41) is 3.81. The molecule has 1 atom stereocenters. The molecule has 1 nitrogen and oxygen atoms in total. The largest absolute Gasteiger partial charge is 0.306 e. The van der Waals surface area contributed by atoms with Crippen molar-refractivity contribution in [3.05, 3.63) is 35.4 Å². The van der Waals surface area contributed by atoms with Crippen LogP contribution in [0.25, 0.3) is 0 Å². The highest BCUT2D eigenvalue weighted by Gasteiger charge is 2.64. The van der Waals surface area contributed by atoms with Crippen molar-refractivity contribution in [1.82, 2.24) is 5.32 Å². The quantitative estimate of drug-likeness (QED) is 0.798. The molecule has 0 bridgehead atoms. The van der Waals surface area contributed by atoms with Crippen molar-refractivity contribution in [2.45, 2.75) is 67.0 Å². The summed E-state index contributed by atoms with van der Waals surface area (Å²) in [5.41, 5.74) is 3.65. The molecular weight excluding hydrogens is 242 g/mol. The zero-order chi connectivity index (χ0) is 15.1. The Kier molecular flexibility index (Phi) is 4.03. The Labute approximate surface area is 125 Å². The summed E-state index contributed by atoms with van der Waals surface area (Å²) in [7, 11) is 0. The highest BCUT2D eigenvalue weighted by molar-refractivity contribution is 5.27.